The maximum atomic E-state index is 13.9. The molecule has 2 atom stereocenters. The van der Waals surface area contributed by atoms with E-state index >= 15 is 0 Å². The minimum atomic E-state index is -3.85. The molecular weight excluding hydrogens is 598 g/mol. The molecule has 2 aliphatic rings. The first kappa shape index (κ1) is 31.6. The van der Waals surface area contributed by atoms with E-state index in [0.717, 1.165) is 16.7 Å². The van der Waals surface area contributed by atoms with Gasteiger partial charge >= 0.3 is 11.9 Å². The number of carboxylic acids is 1. The lowest BCUT2D eigenvalue weighted by Gasteiger charge is -2.30. The summed E-state index contributed by atoms with van der Waals surface area (Å²) in [6.45, 7) is 5.17. The van der Waals surface area contributed by atoms with Gasteiger partial charge in [0.2, 0.25) is 10.0 Å². The number of benzene rings is 3. The van der Waals surface area contributed by atoms with Crippen LogP contribution < -0.4 is 5.32 Å². The summed E-state index contributed by atoms with van der Waals surface area (Å²) < 4.78 is 34.6. The molecule has 0 saturated carbocycles. The van der Waals surface area contributed by atoms with E-state index in [4.69, 9.17) is 4.74 Å². The summed E-state index contributed by atoms with van der Waals surface area (Å²) in [5.41, 5.74) is 3.25. The standard InChI is InChI=1S/C33H33N3O8S/c1-20-11-13-27(14-12-20)45(42,43)35-16-15-23-7-4-5-10-28(23)25(18-35)19-44-33(39)30-22(3)34-21(2)29(32(37)38)31(30)24-8-6-9-26(17-24)36(40)41/h4-14,17,25,31,34H,15-16,18-19H2,1-3H3,(H,37,38). The molecular formula is C33H33N3O8S. The van der Waals surface area contributed by atoms with Crippen molar-refractivity contribution in [2.24, 2.45) is 0 Å². The van der Waals surface area contributed by atoms with Crippen LogP contribution in [0.5, 0.6) is 0 Å². The number of aryl methyl sites for hydroxylation is 1. The first-order chi connectivity index (χ1) is 21.4. The highest BCUT2D eigenvalue weighted by Crippen LogP contribution is 2.40. The van der Waals surface area contributed by atoms with Gasteiger partial charge in [-0.05, 0) is 56.0 Å². The molecule has 0 spiro atoms. The molecule has 3 aromatic rings. The lowest BCUT2D eigenvalue weighted by atomic mass is 9.80. The second-order valence-corrected chi connectivity index (χ2v) is 13.2. The van der Waals surface area contributed by atoms with Crippen molar-refractivity contribution in [1.29, 1.82) is 0 Å². The number of rotatable bonds is 8. The van der Waals surface area contributed by atoms with Crippen LogP contribution in [0.15, 0.2) is 100 Å². The zero-order valence-corrected chi connectivity index (χ0v) is 25.8. The minimum absolute atomic E-state index is 0.00420. The Kier molecular flexibility index (Phi) is 8.89. The Morgan fingerprint density at radius 1 is 1.00 bits per heavy atom. The number of aliphatic carboxylic acids is 1. The van der Waals surface area contributed by atoms with Gasteiger partial charge in [0.15, 0.2) is 0 Å². The number of hydrogen-bond donors (Lipinski definition) is 2. The number of non-ortho nitro benzene ring substituents is 1. The SMILES string of the molecule is CC1=C(C(=O)O)C(c2cccc([N+](=O)[O-])c2)C(C(=O)OCC2CN(S(=O)(=O)c3ccc(C)cc3)CCc3ccccc32)=C(C)N1. The topological polar surface area (TPSA) is 156 Å². The van der Waals surface area contributed by atoms with Gasteiger partial charge in [0, 0.05) is 42.5 Å². The Balaban J connectivity index is 1.47. The summed E-state index contributed by atoms with van der Waals surface area (Å²) in [5, 5.41) is 24.6. The molecule has 0 fully saturated rings. The van der Waals surface area contributed by atoms with Crippen molar-refractivity contribution in [2.75, 3.05) is 19.7 Å². The van der Waals surface area contributed by atoms with Crippen LogP contribution in [0.3, 0.4) is 0 Å². The van der Waals surface area contributed by atoms with E-state index in [1.54, 1.807) is 38.1 Å². The summed E-state index contributed by atoms with van der Waals surface area (Å²) in [5.74, 6) is -3.75. The van der Waals surface area contributed by atoms with E-state index in [0.29, 0.717) is 17.8 Å². The number of ether oxygens (including phenoxy) is 1. The van der Waals surface area contributed by atoms with E-state index in [9.17, 15) is 33.2 Å². The predicted molar refractivity (Wildman–Crippen MR) is 166 cm³/mol. The Labute approximate surface area is 261 Å². The molecule has 2 unspecified atom stereocenters. The van der Waals surface area contributed by atoms with Crippen molar-refractivity contribution in [3.8, 4) is 0 Å². The fourth-order valence-electron chi connectivity index (χ4n) is 6.01. The molecule has 5 rings (SSSR count). The average Bonchev–Trinajstić information content (AvgIpc) is 3.19. The molecule has 234 valence electrons. The van der Waals surface area contributed by atoms with Crippen molar-refractivity contribution in [1.82, 2.24) is 9.62 Å². The summed E-state index contributed by atoms with van der Waals surface area (Å²) in [6.07, 6.45) is 0.473. The third kappa shape index (κ3) is 6.38. The molecule has 2 aliphatic heterocycles. The van der Waals surface area contributed by atoms with Gasteiger partial charge in [0.05, 0.1) is 33.5 Å². The maximum absolute atomic E-state index is 13.9. The molecule has 0 aromatic heterocycles. The fraction of sp³-hybridized carbons (Fsp3) is 0.273. The number of carbonyl (C=O) groups excluding carboxylic acids is 1. The second kappa shape index (κ2) is 12.7. The maximum Gasteiger partial charge on any atom is 0.336 e. The first-order valence-electron chi connectivity index (χ1n) is 14.4. The highest BCUT2D eigenvalue weighted by molar-refractivity contribution is 7.89. The number of carbonyl (C=O) groups is 2. The third-order valence-corrected chi connectivity index (χ3v) is 10.1. The molecule has 0 amide bonds. The Hall–Kier alpha value is -4.81. The summed E-state index contributed by atoms with van der Waals surface area (Å²) in [6, 6.07) is 19.7. The monoisotopic (exact) mass is 631 g/mol. The average molecular weight is 632 g/mol. The number of esters is 1. The first-order valence-corrected chi connectivity index (χ1v) is 15.8. The second-order valence-electron chi connectivity index (χ2n) is 11.2. The zero-order chi connectivity index (χ0) is 32.5. The molecule has 3 aromatic carbocycles. The number of nitrogens with one attached hydrogen (secondary N) is 1. The van der Waals surface area contributed by atoms with Crippen LogP contribution >= 0.6 is 0 Å². The smallest absolute Gasteiger partial charge is 0.336 e. The number of nitro benzene ring substituents is 1. The quantitative estimate of drug-likeness (QED) is 0.203. The minimum Gasteiger partial charge on any atom is -0.478 e. The van der Waals surface area contributed by atoms with E-state index in [1.165, 1.54) is 28.6 Å². The van der Waals surface area contributed by atoms with Crippen LogP contribution in [-0.2, 0) is 30.8 Å². The van der Waals surface area contributed by atoms with Gasteiger partial charge in [-0.3, -0.25) is 10.1 Å². The van der Waals surface area contributed by atoms with Crippen molar-refractivity contribution in [3.63, 3.8) is 0 Å². The van der Waals surface area contributed by atoms with Gasteiger partial charge < -0.3 is 15.2 Å². The van der Waals surface area contributed by atoms with Gasteiger partial charge in [0.25, 0.3) is 5.69 Å². The van der Waals surface area contributed by atoms with Gasteiger partial charge in [-0.2, -0.15) is 4.31 Å². The Morgan fingerprint density at radius 3 is 2.38 bits per heavy atom. The lowest BCUT2D eigenvalue weighted by Crippen LogP contribution is -2.36. The van der Waals surface area contributed by atoms with Gasteiger partial charge in [0.1, 0.15) is 0 Å². The predicted octanol–water partition coefficient (Wildman–Crippen LogP) is 4.80. The van der Waals surface area contributed by atoms with Crippen LogP contribution in [0.2, 0.25) is 0 Å². The number of carboxylic acid groups (broad SMARTS) is 1. The lowest BCUT2D eigenvalue weighted by molar-refractivity contribution is -0.384. The molecule has 0 aliphatic carbocycles. The van der Waals surface area contributed by atoms with Crippen LogP contribution in [-0.4, -0.2) is 54.4 Å². The van der Waals surface area contributed by atoms with Crippen molar-refractivity contribution in [2.45, 2.75) is 43.9 Å². The van der Waals surface area contributed by atoms with E-state index in [2.05, 4.69) is 5.32 Å². The largest absolute Gasteiger partial charge is 0.478 e. The molecule has 2 heterocycles. The third-order valence-electron chi connectivity index (χ3n) is 8.25. The number of hydrogen-bond acceptors (Lipinski definition) is 8. The molecule has 0 radical (unpaired) electrons. The number of fused-ring (bicyclic) bond motifs is 1. The van der Waals surface area contributed by atoms with E-state index in [-0.39, 0.29) is 47.0 Å². The van der Waals surface area contributed by atoms with Crippen LogP contribution in [0.25, 0.3) is 0 Å². The summed E-state index contributed by atoms with van der Waals surface area (Å²) in [4.78, 5) is 37.4. The van der Waals surface area contributed by atoms with Crippen molar-refractivity contribution >= 4 is 27.6 Å². The van der Waals surface area contributed by atoms with Crippen LogP contribution in [0.1, 0.15) is 47.9 Å². The molecule has 45 heavy (non-hydrogen) atoms. The summed E-state index contributed by atoms with van der Waals surface area (Å²) >= 11 is 0. The van der Waals surface area contributed by atoms with Crippen molar-refractivity contribution < 1.29 is 32.8 Å². The van der Waals surface area contributed by atoms with Crippen molar-refractivity contribution in [3.05, 3.63) is 128 Å². The highest BCUT2D eigenvalue weighted by atomic mass is 32.2. The number of sulfonamides is 1. The molecule has 12 heteroatoms. The summed E-state index contributed by atoms with van der Waals surface area (Å²) in [7, 11) is -3.85. The molecule has 0 bridgehead atoms. The molecule has 2 N–H and O–H groups in total. The highest BCUT2D eigenvalue weighted by Gasteiger charge is 2.39. The number of dihydropyridines is 1. The fourth-order valence-corrected chi connectivity index (χ4v) is 7.50. The number of allylic oxidation sites excluding steroid dienone is 2. The Morgan fingerprint density at radius 2 is 1.69 bits per heavy atom. The van der Waals surface area contributed by atoms with Gasteiger partial charge in [-0.25, -0.2) is 18.0 Å². The number of nitrogens with zero attached hydrogens (tertiary/aromatic N) is 2. The molecule has 11 nitrogen and oxygen atoms in total. The van der Waals surface area contributed by atoms with Crippen LogP contribution in [0.4, 0.5) is 5.69 Å². The zero-order valence-electron chi connectivity index (χ0n) is 25.0. The van der Waals surface area contributed by atoms with Gasteiger partial charge in [-0.15, -0.1) is 0 Å². The normalized spacial score (nSPS) is 18.9. The number of nitro groups is 1. The molecule has 0 saturated heterocycles. The van der Waals surface area contributed by atoms with E-state index in [1.807, 2.05) is 31.2 Å². The Bertz CT molecular complexity index is 1850. The van der Waals surface area contributed by atoms with Gasteiger partial charge in [-0.1, -0.05) is 54.1 Å². The van der Waals surface area contributed by atoms with Crippen LogP contribution in [0, 0.1) is 17.0 Å². The van der Waals surface area contributed by atoms with E-state index < -0.39 is 38.7 Å².